The van der Waals surface area contributed by atoms with Crippen LogP contribution in [0.2, 0.25) is 0 Å². The van der Waals surface area contributed by atoms with Gasteiger partial charge in [0.15, 0.2) is 0 Å². The Morgan fingerprint density at radius 1 is 1.30 bits per heavy atom. The van der Waals surface area contributed by atoms with Crippen LogP contribution >= 0.6 is 11.3 Å². The van der Waals surface area contributed by atoms with Gasteiger partial charge in [0, 0.05) is 0 Å². The molecule has 1 heterocycles. The van der Waals surface area contributed by atoms with Gasteiger partial charge in [-0.1, -0.05) is 19.1 Å². The van der Waals surface area contributed by atoms with Crippen molar-refractivity contribution in [3.05, 3.63) is 46.2 Å². The van der Waals surface area contributed by atoms with Crippen molar-refractivity contribution >= 4 is 33.0 Å². The molecule has 1 amide bonds. The summed E-state index contributed by atoms with van der Waals surface area (Å²) in [5.41, 5.74) is 1.12. The molecule has 3 N–H and O–H groups in total. The second-order valence-corrected chi connectivity index (χ2v) is 6.57. The first-order valence-electron chi connectivity index (χ1n) is 5.93. The molecule has 20 heavy (non-hydrogen) atoms. The molecule has 0 fully saturated rings. The van der Waals surface area contributed by atoms with E-state index in [0.717, 1.165) is 12.0 Å². The Kier molecular flexibility index (Phi) is 4.22. The van der Waals surface area contributed by atoms with Gasteiger partial charge in [-0.05, 0) is 35.6 Å². The quantitative estimate of drug-likeness (QED) is 0.907. The van der Waals surface area contributed by atoms with E-state index in [1.54, 1.807) is 12.1 Å². The highest BCUT2D eigenvalue weighted by Crippen LogP contribution is 2.23. The van der Waals surface area contributed by atoms with E-state index in [0.29, 0.717) is 4.88 Å². The maximum absolute atomic E-state index is 12.2. The molecule has 0 spiro atoms. The van der Waals surface area contributed by atoms with Crippen molar-refractivity contribution in [3.63, 3.8) is 0 Å². The summed E-state index contributed by atoms with van der Waals surface area (Å²) in [4.78, 5) is 12.7. The van der Waals surface area contributed by atoms with Gasteiger partial charge in [-0.3, -0.25) is 4.79 Å². The van der Waals surface area contributed by atoms with Crippen LogP contribution in [0.3, 0.4) is 0 Å². The minimum Gasteiger partial charge on any atom is -0.320 e. The zero-order valence-electron chi connectivity index (χ0n) is 10.8. The molecule has 0 radical (unpaired) electrons. The first kappa shape index (κ1) is 14.7. The van der Waals surface area contributed by atoms with Gasteiger partial charge in [-0.2, -0.15) is 0 Å². The number of rotatable bonds is 4. The maximum Gasteiger partial charge on any atom is 0.266 e. The number of carbonyl (C=O) groups is 1. The Bertz CT molecular complexity index is 736. The predicted molar refractivity (Wildman–Crippen MR) is 79.5 cm³/mol. The number of primary sulfonamides is 1. The van der Waals surface area contributed by atoms with E-state index in [1.807, 2.05) is 18.4 Å². The lowest BCUT2D eigenvalue weighted by molar-refractivity contribution is 0.102. The Morgan fingerprint density at radius 2 is 2.00 bits per heavy atom. The minimum absolute atomic E-state index is 0.0945. The monoisotopic (exact) mass is 310 g/mol. The van der Waals surface area contributed by atoms with Crippen molar-refractivity contribution < 1.29 is 13.2 Å². The van der Waals surface area contributed by atoms with Gasteiger partial charge in [0.1, 0.15) is 4.90 Å². The lowest BCUT2D eigenvalue weighted by Gasteiger charge is -2.09. The minimum atomic E-state index is -3.87. The summed E-state index contributed by atoms with van der Waals surface area (Å²) in [6.45, 7) is 1.96. The Hall–Kier alpha value is -1.70. The lowest BCUT2D eigenvalue weighted by Crippen LogP contribution is -2.18. The summed E-state index contributed by atoms with van der Waals surface area (Å²) >= 11 is 1.32. The van der Waals surface area contributed by atoms with Crippen molar-refractivity contribution in [1.82, 2.24) is 0 Å². The summed E-state index contributed by atoms with van der Waals surface area (Å²) < 4.78 is 22.9. The van der Waals surface area contributed by atoms with Gasteiger partial charge in [0.25, 0.3) is 5.91 Å². The summed E-state index contributed by atoms with van der Waals surface area (Å²) in [6.07, 6.45) is 0.739. The van der Waals surface area contributed by atoms with E-state index >= 15 is 0 Å². The first-order chi connectivity index (χ1) is 9.43. The normalized spacial score (nSPS) is 11.3. The highest BCUT2D eigenvalue weighted by atomic mass is 32.2. The SMILES string of the molecule is CCc1ccsc1C(=O)Nc1ccccc1S(N)(=O)=O. The Labute approximate surface area is 121 Å². The van der Waals surface area contributed by atoms with Gasteiger partial charge < -0.3 is 5.32 Å². The van der Waals surface area contributed by atoms with Crippen LogP contribution in [-0.2, 0) is 16.4 Å². The molecule has 0 aliphatic carbocycles. The number of benzene rings is 1. The number of para-hydroxylation sites is 1. The molecule has 0 unspecified atom stereocenters. The van der Waals surface area contributed by atoms with E-state index < -0.39 is 10.0 Å². The second kappa shape index (κ2) is 5.74. The molecule has 2 aromatic rings. The summed E-state index contributed by atoms with van der Waals surface area (Å²) in [7, 11) is -3.87. The Morgan fingerprint density at radius 3 is 2.65 bits per heavy atom. The molecule has 1 aromatic carbocycles. The molecular weight excluding hydrogens is 296 g/mol. The molecule has 1 aromatic heterocycles. The van der Waals surface area contributed by atoms with E-state index in [4.69, 9.17) is 5.14 Å². The fraction of sp³-hybridized carbons (Fsp3) is 0.154. The molecule has 0 saturated heterocycles. The van der Waals surface area contributed by atoms with Crippen molar-refractivity contribution in [3.8, 4) is 0 Å². The van der Waals surface area contributed by atoms with Gasteiger partial charge >= 0.3 is 0 Å². The first-order valence-corrected chi connectivity index (χ1v) is 8.35. The number of nitrogens with one attached hydrogen (secondary N) is 1. The van der Waals surface area contributed by atoms with E-state index in [2.05, 4.69) is 5.32 Å². The highest BCUT2D eigenvalue weighted by molar-refractivity contribution is 7.89. The number of anilines is 1. The van der Waals surface area contributed by atoms with Crippen LogP contribution in [0.25, 0.3) is 0 Å². The van der Waals surface area contributed by atoms with Gasteiger partial charge in [-0.15, -0.1) is 11.3 Å². The third kappa shape index (κ3) is 3.06. The summed E-state index contributed by atoms with van der Waals surface area (Å²) in [6, 6.07) is 7.94. The van der Waals surface area contributed by atoms with Gasteiger partial charge in [-0.25, -0.2) is 13.6 Å². The number of aryl methyl sites for hydroxylation is 1. The van der Waals surface area contributed by atoms with Crippen molar-refractivity contribution in [2.75, 3.05) is 5.32 Å². The molecular formula is C13H14N2O3S2. The molecule has 0 aliphatic rings. The molecule has 0 atom stereocenters. The van der Waals surface area contributed by atoms with Crippen molar-refractivity contribution in [2.45, 2.75) is 18.2 Å². The number of hydrogen-bond donors (Lipinski definition) is 2. The average Bonchev–Trinajstić information content (AvgIpc) is 2.86. The zero-order chi connectivity index (χ0) is 14.8. The predicted octanol–water partition coefficient (Wildman–Crippen LogP) is 2.21. The van der Waals surface area contributed by atoms with Crippen molar-refractivity contribution in [2.24, 2.45) is 5.14 Å². The van der Waals surface area contributed by atoms with Gasteiger partial charge in [0.05, 0.1) is 10.6 Å². The fourth-order valence-electron chi connectivity index (χ4n) is 1.81. The van der Waals surface area contributed by atoms with Crippen LogP contribution in [0.1, 0.15) is 22.2 Å². The smallest absolute Gasteiger partial charge is 0.266 e. The number of carbonyl (C=O) groups excluding carboxylic acids is 1. The molecule has 0 aliphatic heterocycles. The highest BCUT2D eigenvalue weighted by Gasteiger charge is 2.17. The number of sulfonamides is 1. The average molecular weight is 310 g/mol. The standard InChI is InChI=1S/C13H14N2O3S2/c1-2-9-7-8-19-12(9)13(16)15-10-5-3-4-6-11(10)20(14,17)18/h3-8H,2H2,1H3,(H,15,16)(H2,14,17,18). The molecule has 2 rings (SSSR count). The fourth-order valence-corrected chi connectivity index (χ4v) is 3.39. The number of thiophene rings is 1. The molecule has 0 saturated carbocycles. The number of amides is 1. The molecule has 106 valence electrons. The van der Waals surface area contributed by atoms with Crippen LogP contribution in [0.15, 0.2) is 40.6 Å². The van der Waals surface area contributed by atoms with Crippen LogP contribution in [0.4, 0.5) is 5.69 Å². The molecule has 0 bridgehead atoms. The third-order valence-corrected chi connectivity index (χ3v) is 4.70. The Balaban J connectivity index is 2.34. The number of nitrogens with two attached hydrogens (primary N) is 1. The largest absolute Gasteiger partial charge is 0.320 e. The zero-order valence-corrected chi connectivity index (χ0v) is 12.4. The molecule has 5 nitrogen and oxygen atoms in total. The van der Waals surface area contributed by atoms with E-state index in [9.17, 15) is 13.2 Å². The van der Waals surface area contributed by atoms with Crippen LogP contribution in [-0.4, -0.2) is 14.3 Å². The van der Waals surface area contributed by atoms with Gasteiger partial charge in [0.2, 0.25) is 10.0 Å². The van der Waals surface area contributed by atoms with Crippen LogP contribution in [0, 0.1) is 0 Å². The topological polar surface area (TPSA) is 89.3 Å². The van der Waals surface area contributed by atoms with Crippen molar-refractivity contribution in [1.29, 1.82) is 0 Å². The number of hydrogen-bond acceptors (Lipinski definition) is 4. The second-order valence-electron chi connectivity index (χ2n) is 4.12. The maximum atomic E-state index is 12.2. The van der Waals surface area contributed by atoms with Crippen LogP contribution < -0.4 is 10.5 Å². The molecule has 7 heteroatoms. The van der Waals surface area contributed by atoms with Crippen LogP contribution in [0.5, 0.6) is 0 Å². The van der Waals surface area contributed by atoms with E-state index in [1.165, 1.54) is 23.5 Å². The summed E-state index contributed by atoms with van der Waals surface area (Å²) in [5, 5.41) is 9.57. The third-order valence-electron chi connectivity index (χ3n) is 2.78. The summed E-state index contributed by atoms with van der Waals surface area (Å²) in [5.74, 6) is -0.326. The van der Waals surface area contributed by atoms with E-state index in [-0.39, 0.29) is 16.5 Å². The lowest BCUT2D eigenvalue weighted by atomic mass is 10.2.